The molecule has 3 aromatic rings. The standard InChI is InChI=1S/C24H26N2O4S/c1-2-30-23-16-10-9-15-22(23)25-24(27)19-26(18-17-20-11-5-3-6-12-20)31(28,29)21-13-7-4-8-14-21/h3-16H,2,17-19H2,1H3,(H,25,27). The number of amides is 1. The molecule has 162 valence electrons. The van der Waals surface area contributed by atoms with Crippen molar-refractivity contribution < 1.29 is 17.9 Å². The van der Waals surface area contributed by atoms with E-state index in [1.807, 2.05) is 43.3 Å². The lowest BCUT2D eigenvalue weighted by Crippen LogP contribution is -2.39. The highest BCUT2D eigenvalue weighted by atomic mass is 32.2. The minimum Gasteiger partial charge on any atom is -0.492 e. The lowest BCUT2D eigenvalue weighted by Gasteiger charge is -2.22. The first-order valence-electron chi connectivity index (χ1n) is 10.1. The quantitative estimate of drug-likeness (QED) is 0.520. The van der Waals surface area contributed by atoms with E-state index in [0.29, 0.717) is 24.5 Å². The smallest absolute Gasteiger partial charge is 0.243 e. The fourth-order valence-electron chi connectivity index (χ4n) is 3.13. The van der Waals surface area contributed by atoms with Crippen molar-refractivity contribution in [1.82, 2.24) is 4.31 Å². The lowest BCUT2D eigenvalue weighted by molar-refractivity contribution is -0.116. The molecule has 6 nitrogen and oxygen atoms in total. The Balaban J connectivity index is 1.80. The summed E-state index contributed by atoms with van der Waals surface area (Å²) in [5, 5.41) is 2.78. The maximum atomic E-state index is 13.2. The number of nitrogens with zero attached hydrogens (tertiary/aromatic N) is 1. The van der Waals surface area contributed by atoms with Gasteiger partial charge < -0.3 is 10.1 Å². The van der Waals surface area contributed by atoms with Gasteiger partial charge in [-0.3, -0.25) is 4.79 Å². The Morgan fingerprint density at radius 1 is 0.903 bits per heavy atom. The van der Waals surface area contributed by atoms with Gasteiger partial charge in [0, 0.05) is 6.54 Å². The third-order valence-corrected chi connectivity index (χ3v) is 6.51. The summed E-state index contributed by atoms with van der Waals surface area (Å²) in [5.41, 5.74) is 1.51. The Bertz CT molecular complexity index is 1090. The number of anilines is 1. The van der Waals surface area contributed by atoms with Crippen molar-refractivity contribution in [2.45, 2.75) is 18.2 Å². The summed E-state index contributed by atoms with van der Waals surface area (Å²) in [4.78, 5) is 13.0. The fourth-order valence-corrected chi connectivity index (χ4v) is 4.54. The van der Waals surface area contributed by atoms with Gasteiger partial charge in [-0.1, -0.05) is 60.7 Å². The predicted molar refractivity (Wildman–Crippen MR) is 122 cm³/mol. The second-order valence-electron chi connectivity index (χ2n) is 6.86. The molecule has 3 rings (SSSR count). The van der Waals surface area contributed by atoms with E-state index >= 15 is 0 Å². The Morgan fingerprint density at radius 2 is 1.52 bits per heavy atom. The molecule has 0 atom stereocenters. The van der Waals surface area contributed by atoms with Crippen molar-refractivity contribution in [3.63, 3.8) is 0 Å². The van der Waals surface area contributed by atoms with Crippen molar-refractivity contribution in [2.24, 2.45) is 0 Å². The molecule has 1 amide bonds. The van der Waals surface area contributed by atoms with Crippen LogP contribution in [0.25, 0.3) is 0 Å². The van der Waals surface area contributed by atoms with Gasteiger partial charge in [-0.2, -0.15) is 4.31 Å². The van der Waals surface area contributed by atoms with Gasteiger partial charge in [0.25, 0.3) is 0 Å². The number of hydrogen-bond donors (Lipinski definition) is 1. The van der Waals surface area contributed by atoms with Crippen LogP contribution in [0, 0.1) is 0 Å². The van der Waals surface area contributed by atoms with Crippen molar-refractivity contribution in [2.75, 3.05) is 25.0 Å². The zero-order chi connectivity index (χ0) is 22.1. The van der Waals surface area contributed by atoms with E-state index in [2.05, 4.69) is 5.32 Å². The van der Waals surface area contributed by atoms with E-state index in [-0.39, 0.29) is 18.0 Å². The van der Waals surface area contributed by atoms with Crippen LogP contribution < -0.4 is 10.1 Å². The summed E-state index contributed by atoms with van der Waals surface area (Å²) in [6, 6.07) is 24.8. The van der Waals surface area contributed by atoms with Crippen LogP contribution in [0.5, 0.6) is 5.75 Å². The summed E-state index contributed by atoms with van der Waals surface area (Å²) in [7, 11) is -3.84. The molecule has 3 aromatic carbocycles. The van der Waals surface area contributed by atoms with Crippen molar-refractivity contribution in [3.05, 3.63) is 90.5 Å². The number of nitrogens with one attached hydrogen (secondary N) is 1. The van der Waals surface area contributed by atoms with Crippen LogP contribution in [0.1, 0.15) is 12.5 Å². The molecule has 0 aliphatic carbocycles. The Hall–Kier alpha value is -3.16. The molecule has 0 spiro atoms. The SMILES string of the molecule is CCOc1ccccc1NC(=O)CN(CCc1ccccc1)S(=O)(=O)c1ccccc1. The average Bonchev–Trinajstić information content (AvgIpc) is 2.79. The molecular formula is C24H26N2O4S. The maximum absolute atomic E-state index is 13.2. The molecule has 0 saturated carbocycles. The second kappa shape index (κ2) is 10.7. The number of para-hydroxylation sites is 2. The van der Waals surface area contributed by atoms with Crippen molar-refractivity contribution in [3.8, 4) is 5.75 Å². The Kier molecular flexibility index (Phi) is 7.81. The van der Waals surface area contributed by atoms with E-state index in [0.717, 1.165) is 5.56 Å². The molecule has 0 aliphatic heterocycles. The first-order valence-corrected chi connectivity index (χ1v) is 11.6. The predicted octanol–water partition coefficient (Wildman–Crippen LogP) is 3.96. The second-order valence-corrected chi connectivity index (χ2v) is 8.80. The molecule has 31 heavy (non-hydrogen) atoms. The third-order valence-electron chi connectivity index (χ3n) is 4.65. The Morgan fingerprint density at radius 3 is 2.19 bits per heavy atom. The van der Waals surface area contributed by atoms with Crippen LogP contribution in [0.2, 0.25) is 0 Å². The van der Waals surface area contributed by atoms with E-state index in [1.165, 1.54) is 16.4 Å². The van der Waals surface area contributed by atoms with Crippen LogP contribution >= 0.6 is 0 Å². The number of ether oxygens (including phenoxy) is 1. The number of carbonyl (C=O) groups excluding carboxylic acids is 1. The zero-order valence-corrected chi connectivity index (χ0v) is 18.2. The molecular weight excluding hydrogens is 412 g/mol. The number of carbonyl (C=O) groups is 1. The zero-order valence-electron chi connectivity index (χ0n) is 17.4. The molecule has 0 radical (unpaired) electrons. The summed E-state index contributed by atoms with van der Waals surface area (Å²) in [5.74, 6) is 0.111. The summed E-state index contributed by atoms with van der Waals surface area (Å²) >= 11 is 0. The van der Waals surface area contributed by atoms with Crippen LogP contribution in [-0.2, 0) is 21.2 Å². The molecule has 0 fully saturated rings. The van der Waals surface area contributed by atoms with Gasteiger partial charge in [-0.05, 0) is 43.2 Å². The van der Waals surface area contributed by atoms with Gasteiger partial charge in [0.1, 0.15) is 5.75 Å². The van der Waals surface area contributed by atoms with Crippen LogP contribution in [0.4, 0.5) is 5.69 Å². The molecule has 7 heteroatoms. The maximum Gasteiger partial charge on any atom is 0.243 e. The Labute approximate surface area is 183 Å². The van der Waals surface area contributed by atoms with Crippen molar-refractivity contribution >= 4 is 21.6 Å². The molecule has 0 saturated heterocycles. The summed E-state index contributed by atoms with van der Waals surface area (Å²) in [6.45, 7) is 2.20. The van der Waals surface area contributed by atoms with Gasteiger partial charge in [0.2, 0.25) is 15.9 Å². The van der Waals surface area contributed by atoms with Gasteiger partial charge in [-0.15, -0.1) is 0 Å². The highest BCUT2D eigenvalue weighted by Gasteiger charge is 2.26. The first-order chi connectivity index (χ1) is 15.0. The number of benzene rings is 3. The molecule has 0 unspecified atom stereocenters. The average molecular weight is 439 g/mol. The summed E-state index contributed by atoms with van der Waals surface area (Å²) in [6.07, 6.45) is 0.496. The van der Waals surface area contributed by atoms with E-state index < -0.39 is 15.9 Å². The number of hydrogen-bond acceptors (Lipinski definition) is 4. The minimum absolute atomic E-state index is 0.158. The lowest BCUT2D eigenvalue weighted by atomic mass is 10.1. The fraction of sp³-hybridized carbons (Fsp3) is 0.208. The van der Waals surface area contributed by atoms with Gasteiger partial charge in [-0.25, -0.2) is 8.42 Å². The highest BCUT2D eigenvalue weighted by molar-refractivity contribution is 7.89. The van der Waals surface area contributed by atoms with Crippen LogP contribution in [-0.4, -0.2) is 38.3 Å². The molecule has 0 aromatic heterocycles. The van der Waals surface area contributed by atoms with Crippen molar-refractivity contribution in [1.29, 1.82) is 0 Å². The van der Waals surface area contributed by atoms with Gasteiger partial charge >= 0.3 is 0 Å². The number of sulfonamides is 1. The van der Waals surface area contributed by atoms with E-state index in [4.69, 9.17) is 4.74 Å². The van der Waals surface area contributed by atoms with Gasteiger partial charge in [0.05, 0.1) is 23.7 Å². The number of rotatable bonds is 10. The summed E-state index contributed by atoms with van der Waals surface area (Å²) < 4.78 is 33.2. The van der Waals surface area contributed by atoms with Gasteiger partial charge in [0.15, 0.2) is 0 Å². The van der Waals surface area contributed by atoms with E-state index in [9.17, 15) is 13.2 Å². The molecule has 1 N–H and O–H groups in total. The minimum atomic E-state index is -3.84. The third kappa shape index (κ3) is 6.16. The van der Waals surface area contributed by atoms with Crippen LogP contribution in [0.3, 0.4) is 0 Å². The normalized spacial score (nSPS) is 11.3. The highest BCUT2D eigenvalue weighted by Crippen LogP contribution is 2.24. The molecule has 0 bridgehead atoms. The molecule has 0 aliphatic rings. The monoisotopic (exact) mass is 438 g/mol. The largest absolute Gasteiger partial charge is 0.492 e. The van der Waals surface area contributed by atoms with E-state index in [1.54, 1.807) is 36.4 Å². The van der Waals surface area contributed by atoms with Crippen LogP contribution in [0.15, 0.2) is 89.8 Å². The first kappa shape index (κ1) is 22.5. The topological polar surface area (TPSA) is 75.7 Å². The molecule has 0 heterocycles.